The summed E-state index contributed by atoms with van der Waals surface area (Å²) in [6.45, 7) is 1.71. The van der Waals surface area contributed by atoms with E-state index in [0.717, 1.165) is 23.3 Å². The van der Waals surface area contributed by atoms with Crippen LogP contribution in [0.3, 0.4) is 0 Å². The van der Waals surface area contributed by atoms with Crippen LogP contribution in [0.5, 0.6) is 5.75 Å². The number of hydrogen-bond donors (Lipinski definition) is 2. The van der Waals surface area contributed by atoms with Crippen LogP contribution in [0.25, 0.3) is 0 Å². The fourth-order valence-corrected chi connectivity index (χ4v) is 5.94. The average molecular weight is 670 g/mol. The summed E-state index contributed by atoms with van der Waals surface area (Å²) in [6, 6.07) is 31.5. The lowest BCUT2D eigenvalue weighted by molar-refractivity contribution is -0.143. The number of ether oxygens (including phenoxy) is 1. The van der Waals surface area contributed by atoms with Gasteiger partial charge in [-0.3, -0.25) is 14.3 Å². The molecule has 0 fully saturated rings. The number of halogens is 2. The van der Waals surface area contributed by atoms with E-state index in [-0.39, 0.29) is 29.4 Å². The Bertz CT molecular complexity index is 1940. The van der Waals surface area contributed by atoms with E-state index >= 15 is 0 Å². The Morgan fingerprint density at radius 2 is 1.33 bits per heavy atom. The van der Waals surface area contributed by atoms with Crippen LogP contribution in [0.2, 0.25) is 0 Å². The highest BCUT2D eigenvalue weighted by Gasteiger charge is 2.32. The molecule has 0 aromatic heterocycles. The predicted molar refractivity (Wildman–Crippen MR) is 178 cm³/mol. The minimum Gasteiger partial charge on any atom is -0.484 e. The molecular weight excluding hydrogens is 636 g/mol. The fraction of sp³-hybridized carbons (Fsp3) is 0.135. The second-order valence-electron chi connectivity index (χ2n) is 11.0. The van der Waals surface area contributed by atoms with E-state index in [1.54, 1.807) is 42.5 Å². The molecular formula is C37H33F2N3O5S. The molecule has 2 amide bonds. The van der Waals surface area contributed by atoms with Crippen LogP contribution in [0, 0.1) is 18.6 Å². The van der Waals surface area contributed by atoms with Crippen LogP contribution in [-0.4, -0.2) is 31.7 Å². The van der Waals surface area contributed by atoms with Gasteiger partial charge in [0, 0.05) is 18.8 Å². The molecule has 0 unspecified atom stereocenters. The van der Waals surface area contributed by atoms with Gasteiger partial charge in [0.25, 0.3) is 15.9 Å². The highest BCUT2D eigenvalue weighted by molar-refractivity contribution is 7.92. The van der Waals surface area contributed by atoms with Gasteiger partial charge in [0.2, 0.25) is 5.91 Å². The van der Waals surface area contributed by atoms with Crippen molar-refractivity contribution in [2.24, 2.45) is 0 Å². The second kappa shape index (κ2) is 15.4. The number of benzene rings is 5. The third-order valence-corrected chi connectivity index (χ3v) is 8.84. The van der Waals surface area contributed by atoms with Gasteiger partial charge < -0.3 is 15.0 Å². The third kappa shape index (κ3) is 9.04. The number of hydrogen-bond acceptors (Lipinski definition) is 5. The molecule has 0 aliphatic carbocycles. The van der Waals surface area contributed by atoms with Crippen molar-refractivity contribution in [1.29, 1.82) is 0 Å². The molecule has 11 heteroatoms. The van der Waals surface area contributed by atoms with Crippen molar-refractivity contribution in [2.75, 3.05) is 11.3 Å². The second-order valence-corrected chi connectivity index (χ2v) is 12.7. The number of sulfonamides is 1. The number of anilines is 1. The summed E-state index contributed by atoms with van der Waals surface area (Å²) in [4.78, 5) is 29.0. The largest absolute Gasteiger partial charge is 0.484 e. The van der Waals surface area contributed by atoms with E-state index in [1.165, 1.54) is 53.4 Å². The third-order valence-electron chi connectivity index (χ3n) is 7.44. The summed E-state index contributed by atoms with van der Waals surface area (Å²) >= 11 is 0. The highest BCUT2D eigenvalue weighted by atomic mass is 32.2. The van der Waals surface area contributed by atoms with Crippen LogP contribution in [-0.2, 0) is 32.7 Å². The number of carbonyl (C=O) groups excluding carboxylic acids is 2. The van der Waals surface area contributed by atoms with Crippen molar-refractivity contribution in [3.8, 4) is 5.75 Å². The van der Waals surface area contributed by atoms with Crippen molar-refractivity contribution < 1.29 is 31.5 Å². The molecule has 0 spiro atoms. The molecule has 0 aliphatic rings. The monoisotopic (exact) mass is 669 g/mol. The maximum atomic E-state index is 13.9. The average Bonchev–Trinajstić information content (AvgIpc) is 3.09. The van der Waals surface area contributed by atoms with E-state index in [9.17, 15) is 26.8 Å². The van der Waals surface area contributed by atoms with Gasteiger partial charge in [0.15, 0.2) is 6.61 Å². The van der Waals surface area contributed by atoms with Gasteiger partial charge >= 0.3 is 0 Å². The van der Waals surface area contributed by atoms with Gasteiger partial charge in [0.1, 0.15) is 23.4 Å². The Kier molecular flexibility index (Phi) is 10.8. The molecule has 0 aliphatic heterocycles. The standard InChI is InChI=1S/C37H33F2N3O5S/c1-26-7-9-27(10-8-26)23-40-37(44)36(29-5-3-2-4-6-29)42(24-28-11-13-30(38)14-12-28)35(43)25-47-33-19-21-34(22-20-33)48(45,46)41-32-17-15-31(39)16-18-32/h2-22,36,41H,23-25H2,1H3,(H,40,44)/t36-/m0/s1. The predicted octanol–water partition coefficient (Wildman–Crippen LogP) is 6.54. The van der Waals surface area contributed by atoms with Crippen LogP contribution in [0.15, 0.2) is 132 Å². The minimum absolute atomic E-state index is 0.0216. The van der Waals surface area contributed by atoms with Crippen molar-refractivity contribution in [3.63, 3.8) is 0 Å². The lowest BCUT2D eigenvalue weighted by Gasteiger charge is -2.31. The Hall–Kier alpha value is -5.55. The van der Waals surface area contributed by atoms with Gasteiger partial charge in [-0.15, -0.1) is 0 Å². The fourth-order valence-electron chi connectivity index (χ4n) is 4.88. The summed E-state index contributed by atoms with van der Waals surface area (Å²) in [5, 5.41) is 2.95. The Morgan fingerprint density at radius 3 is 1.96 bits per heavy atom. The van der Waals surface area contributed by atoms with Crippen molar-refractivity contribution in [3.05, 3.63) is 161 Å². The molecule has 0 saturated carbocycles. The molecule has 0 saturated heterocycles. The smallest absolute Gasteiger partial charge is 0.261 e. The first kappa shape index (κ1) is 33.8. The number of nitrogens with zero attached hydrogens (tertiary/aromatic N) is 1. The lowest BCUT2D eigenvalue weighted by Crippen LogP contribution is -2.45. The zero-order valence-corrected chi connectivity index (χ0v) is 26.8. The Balaban J connectivity index is 1.35. The maximum absolute atomic E-state index is 13.9. The molecule has 1 atom stereocenters. The Labute approximate surface area is 278 Å². The number of amides is 2. The van der Waals surface area contributed by atoms with Gasteiger partial charge in [-0.05, 0) is 84.3 Å². The molecule has 5 aromatic carbocycles. The Morgan fingerprint density at radius 1 is 0.750 bits per heavy atom. The summed E-state index contributed by atoms with van der Waals surface area (Å²) in [6.07, 6.45) is 0. The van der Waals surface area contributed by atoms with Crippen LogP contribution < -0.4 is 14.8 Å². The molecule has 0 heterocycles. The van der Waals surface area contributed by atoms with Crippen LogP contribution in [0.4, 0.5) is 14.5 Å². The van der Waals surface area contributed by atoms with E-state index in [4.69, 9.17) is 4.74 Å². The van der Waals surface area contributed by atoms with Crippen molar-refractivity contribution >= 4 is 27.5 Å². The molecule has 48 heavy (non-hydrogen) atoms. The van der Waals surface area contributed by atoms with Gasteiger partial charge in [-0.25, -0.2) is 17.2 Å². The van der Waals surface area contributed by atoms with Crippen LogP contribution >= 0.6 is 0 Å². The normalized spacial score (nSPS) is 11.7. The van der Waals surface area contributed by atoms with E-state index in [0.29, 0.717) is 11.1 Å². The van der Waals surface area contributed by atoms with Crippen molar-refractivity contribution in [2.45, 2.75) is 31.0 Å². The number of nitrogens with one attached hydrogen (secondary N) is 2. The summed E-state index contributed by atoms with van der Waals surface area (Å²) in [5.74, 6) is -1.67. The first-order valence-electron chi connectivity index (χ1n) is 15.0. The summed E-state index contributed by atoms with van der Waals surface area (Å²) in [7, 11) is -3.98. The number of rotatable bonds is 13. The zero-order valence-electron chi connectivity index (χ0n) is 26.0. The topological polar surface area (TPSA) is 105 Å². The van der Waals surface area contributed by atoms with Gasteiger partial charge in [-0.2, -0.15) is 0 Å². The van der Waals surface area contributed by atoms with Gasteiger partial charge in [-0.1, -0.05) is 72.3 Å². The molecule has 246 valence electrons. The molecule has 8 nitrogen and oxygen atoms in total. The molecule has 2 N–H and O–H groups in total. The zero-order chi connectivity index (χ0) is 34.1. The maximum Gasteiger partial charge on any atom is 0.261 e. The SMILES string of the molecule is Cc1ccc(CNC(=O)[C@H](c2ccccc2)N(Cc2ccc(F)cc2)C(=O)COc2ccc(S(=O)(=O)Nc3ccc(F)cc3)cc2)cc1. The number of carbonyl (C=O) groups is 2. The summed E-state index contributed by atoms with van der Waals surface area (Å²) in [5.41, 5.74) is 3.33. The van der Waals surface area contributed by atoms with E-state index in [2.05, 4.69) is 10.0 Å². The molecule has 0 bridgehead atoms. The highest BCUT2D eigenvalue weighted by Crippen LogP contribution is 2.25. The first-order valence-corrected chi connectivity index (χ1v) is 16.5. The molecule has 0 radical (unpaired) electrons. The first-order chi connectivity index (χ1) is 23.1. The van der Waals surface area contributed by atoms with Crippen molar-refractivity contribution in [1.82, 2.24) is 10.2 Å². The van der Waals surface area contributed by atoms with E-state index < -0.39 is 46.1 Å². The summed E-state index contributed by atoms with van der Waals surface area (Å²) < 4.78 is 60.7. The van der Waals surface area contributed by atoms with Gasteiger partial charge in [0.05, 0.1) is 4.90 Å². The molecule has 5 aromatic rings. The lowest BCUT2D eigenvalue weighted by atomic mass is 10.0. The molecule has 5 rings (SSSR count). The minimum atomic E-state index is -3.98. The van der Waals surface area contributed by atoms with Crippen LogP contribution in [0.1, 0.15) is 28.3 Å². The quantitative estimate of drug-likeness (QED) is 0.148. The van der Waals surface area contributed by atoms with E-state index in [1.807, 2.05) is 31.2 Å². The number of aryl methyl sites for hydroxylation is 1.